The van der Waals surface area contributed by atoms with E-state index in [1.165, 1.54) is 29.2 Å². The van der Waals surface area contributed by atoms with Gasteiger partial charge in [-0.05, 0) is 68.1 Å². The third-order valence-corrected chi connectivity index (χ3v) is 8.87. The molecule has 0 unspecified atom stereocenters. The van der Waals surface area contributed by atoms with Crippen molar-refractivity contribution in [2.75, 3.05) is 17.4 Å². The largest absolute Gasteiger partial charge is 0.352 e. The molecule has 9 heteroatoms. The van der Waals surface area contributed by atoms with Gasteiger partial charge in [-0.2, -0.15) is 0 Å². The second-order valence-electron chi connectivity index (χ2n) is 9.79. The standard InChI is InChI=1S/C30H34FN3O4S/c1-23(30(36)32-26-12-8-9-13-26)33(21-20-24-10-4-2-5-11-24)29(35)22-34(27-18-16-25(31)17-19-27)39(37,38)28-14-6-3-7-15-28/h2-7,10-11,14-19,23,26H,8-9,12-13,20-22H2,1H3,(H,32,36)/t23-/m1/s1. The van der Waals surface area contributed by atoms with E-state index in [0.29, 0.717) is 6.42 Å². The van der Waals surface area contributed by atoms with Crippen molar-refractivity contribution in [2.45, 2.75) is 56.0 Å². The molecular formula is C30H34FN3O4S. The SMILES string of the molecule is C[C@H](C(=O)NC1CCCC1)N(CCc1ccccc1)C(=O)CN(c1ccc(F)cc1)S(=O)(=O)c1ccccc1. The maximum Gasteiger partial charge on any atom is 0.264 e. The van der Waals surface area contributed by atoms with Crippen LogP contribution in [0.25, 0.3) is 0 Å². The van der Waals surface area contributed by atoms with Gasteiger partial charge < -0.3 is 10.2 Å². The van der Waals surface area contributed by atoms with Crippen LogP contribution in [0.2, 0.25) is 0 Å². The van der Waals surface area contributed by atoms with Crippen molar-refractivity contribution in [3.63, 3.8) is 0 Å². The summed E-state index contributed by atoms with van der Waals surface area (Å²) < 4.78 is 42.0. The van der Waals surface area contributed by atoms with Crippen molar-refractivity contribution in [1.29, 1.82) is 0 Å². The Morgan fingerprint density at radius 2 is 1.51 bits per heavy atom. The molecule has 1 aliphatic carbocycles. The molecule has 2 amide bonds. The molecule has 4 rings (SSSR count). The van der Waals surface area contributed by atoms with E-state index in [-0.39, 0.29) is 29.1 Å². The van der Waals surface area contributed by atoms with Gasteiger partial charge in [-0.25, -0.2) is 12.8 Å². The molecular weight excluding hydrogens is 517 g/mol. The smallest absolute Gasteiger partial charge is 0.264 e. The summed E-state index contributed by atoms with van der Waals surface area (Å²) in [7, 11) is -4.16. The Hall–Kier alpha value is -3.72. The highest BCUT2D eigenvalue weighted by Crippen LogP contribution is 2.25. The summed E-state index contributed by atoms with van der Waals surface area (Å²) in [5, 5.41) is 3.05. The van der Waals surface area contributed by atoms with Crippen molar-refractivity contribution in [2.24, 2.45) is 0 Å². The number of halogens is 1. The number of nitrogens with one attached hydrogen (secondary N) is 1. The molecule has 1 atom stereocenters. The molecule has 1 N–H and O–H groups in total. The molecule has 0 radical (unpaired) electrons. The van der Waals surface area contributed by atoms with Crippen LogP contribution in [-0.2, 0) is 26.0 Å². The molecule has 0 heterocycles. The van der Waals surface area contributed by atoms with Crippen LogP contribution in [0.15, 0.2) is 89.8 Å². The predicted molar refractivity (Wildman–Crippen MR) is 149 cm³/mol. The van der Waals surface area contributed by atoms with E-state index in [4.69, 9.17) is 0 Å². The number of amides is 2. The lowest BCUT2D eigenvalue weighted by Crippen LogP contribution is -2.53. The average molecular weight is 552 g/mol. The summed E-state index contributed by atoms with van der Waals surface area (Å²) in [6.07, 6.45) is 4.42. The van der Waals surface area contributed by atoms with Crippen LogP contribution < -0.4 is 9.62 Å². The van der Waals surface area contributed by atoms with Crippen molar-refractivity contribution in [3.05, 3.63) is 96.3 Å². The normalized spacial score (nSPS) is 14.5. The van der Waals surface area contributed by atoms with Gasteiger partial charge >= 0.3 is 0 Å². The zero-order valence-electron chi connectivity index (χ0n) is 22.0. The van der Waals surface area contributed by atoms with Gasteiger partial charge in [-0.15, -0.1) is 0 Å². The average Bonchev–Trinajstić information content (AvgIpc) is 3.46. The number of sulfonamides is 1. The fourth-order valence-corrected chi connectivity index (χ4v) is 6.25. The number of hydrogen-bond acceptors (Lipinski definition) is 4. The Kier molecular flexibility index (Phi) is 9.35. The zero-order valence-corrected chi connectivity index (χ0v) is 22.8. The Morgan fingerprint density at radius 1 is 0.923 bits per heavy atom. The molecule has 1 fully saturated rings. The molecule has 1 saturated carbocycles. The fourth-order valence-electron chi connectivity index (χ4n) is 4.82. The van der Waals surface area contributed by atoms with Crippen LogP contribution in [0, 0.1) is 5.82 Å². The molecule has 0 saturated heterocycles. The molecule has 1 aliphatic rings. The Bertz CT molecular complexity index is 1350. The van der Waals surface area contributed by atoms with E-state index in [2.05, 4.69) is 5.32 Å². The maximum absolute atomic E-state index is 13.8. The highest BCUT2D eigenvalue weighted by atomic mass is 32.2. The van der Waals surface area contributed by atoms with E-state index in [9.17, 15) is 22.4 Å². The molecule has 0 bridgehead atoms. The number of rotatable bonds is 11. The van der Waals surface area contributed by atoms with Crippen LogP contribution in [0.3, 0.4) is 0 Å². The van der Waals surface area contributed by atoms with E-state index in [1.54, 1.807) is 25.1 Å². The summed E-state index contributed by atoms with van der Waals surface area (Å²) in [6.45, 7) is 1.35. The number of benzene rings is 3. The van der Waals surface area contributed by atoms with Crippen LogP contribution in [0.5, 0.6) is 0 Å². The number of nitrogens with zero attached hydrogens (tertiary/aromatic N) is 2. The minimum absolute atomic E-state index is 0.00462. The Labute approximate surface area is 229 Å². The van der Waals surface area contributed by atoms with Gasteiger partial charge in [0.15, 0.2) is 0 Å². The van der Waals surface area contributed by atoms with Gasteiger partial charge in [0.25, 0.3) is 10.0 Å². The molecule has 7 nitrogen and oxygen atoms in total. The maximum atomic E-state index is 13.8. The van der Waals surface area contributed by atoms with Crippen LogP contribution >= 0.6 is 0 Å². The van der Waals surface area contributed by atoms with Crippen LogP contribution in [0.1, 0.15) is 38.2 Å². The minimum Gasteiger partial charge on any atom is -0.352 e. The van der Waals surface area contributed by atoms with E-state index in [0.717, 1.165) is 47.7 Å². The molecule has 3 aromatic rings. The van der Waals surface area contributed by atoms with Crippen LogP contribution in [-0.4, -0.2) is 50.3 Å². The monoisotopic (exact) mass is 551 g/mol. The molecule has 0 aliphatic heterocycles. The molecule has 3 aromatic carbocycles. The lowest BCUT2D eigenvalue weighted by molar-refractivity contribution is -0.139. The van der Waals surface area contributed by atoms with Crippen molar-refractivity contribution in [1.82, 2.24) is 10.2 Å². The first-order valence-electron chi connectivity index (χ1n) is 13.2. The van der Waals surface area contributed by atoms with Gasteiger partial charge in [-0.3, -0.25) is 13.9 Å². The lowest BCUT2D eigenvalue weighted by atomic mass is 10.1. The molecule has 206 valence electrons. The highest BCUT2D eigenvalue weighted by molar-refractivity contribution is 7.92. The van der Waals surface area contributed by atoms with Crippen molar-refractivity contribution < 1.29 is 22.4 Å². The van der Waals surface area contributed by atoms with Crippen molar-refractivity contribution in [3.8, 4) is 0 Å². The first kappa shape index (κ1) is 28.3. The van der Waals surface area contributed by atoms with E-state index in [1.807, 2.05) is 30.3 Å². The topological polar surface area (TPSA) is 86.8 Å². The van der Waals surface area contributed by atoms with Crippen molar-refractivity contribution >= 4 is 27.5 Å². The Balaban J connectivity index is 1.62. The first-order valence-corrected chi connectivity index (χ1v) is 14.7. The third kappa shape index (κ3) is 7.23. The molecule has 0 aromatic heterocycles. The summed E-state index contributed by atoms with van der Waals surface area (Å²) in [5.41, 5.74) is 1.14. The summed E-state index contributed by atoms with van der Waals surface area (Å²) in [6, 6.07) is 21.6. The second-order valence-corrected chi connectivity index (χ2v) is 11.7. The minimum atomic E-state index is -4.16. The summed E-state index contributed by atoms with van der Waals surface area (Å²) >= 11 is 0. The molecule has 39 heavy (non-hydrogen) atoms. The number of anilines is 1. The van der Waals surface area contributed by atoms with Gasteiger partial charge in [0, 0.05) is 12.6 Å². The third-order valence-electron chi connectivity index (χ3n) is 7.08. The van der Waals surface area contributed by atoms with E-state index < -0.39 is 34.3 Å². The highest BCUT2D eigenvalue weighted by Gasteiger charge is 2.33. The Morgan fingerprint density at radius 3 is 2.13 bits per heavy atom. The van der Waals surface area contributed by atoms with E-state index >= 15 is 0 Å². The van der Waals surface area contributed by atoms with Gasteiger partial charge in [0.2, 0.25) is 11.8 Å². The second kappa shape index (κ2) is 12.9. The van der Waals surface area contributed by atoms with Gasteiger partial charge in [0.1, 0.15) is 18.4 Å². The number of carbonyl (C=O) groups excluding carboxylic acids is 2. The first-order chi connectivity index (χ1) is 18.8. The number of hydrogen-bond donors (Lipinski definition) is 1. The summed E-state index contributed by atoms with van der Waals surface area (Å²) in [5.74, 6) is -1.31. The molecule has 0 spiro atoms. The fraction of sp³-hybridized carbons (Fsp3) is 0.333. The van der Waals surface area contributed by atoms with Gasteiger partial charge in [0.05, 0.1) is 10.6 Å². The zero-order chi connectivity index (χ0) is 27.8. The predicted octanol–water partition coefficient (Wildman–Crippen LogP) is 4.54. The summed E-state index contributed by atoms with van der Waals surface area (Å²) in [4.78, 5) is 28.5. The lowest BCUT2D eigenvalue weighted by Gasteiger charge is -2.32. The quantitative estimate of drug-likeness (QED) is 0.379. The van der Waals surface area contributed by atoms with Gasteiger partial charge in [-0.1, -0.05) is 61.4 Å². The van der Waals surface area contributed by atoms with Crippen LogP contribution in [0.4, 0.5) is 10.1 Å². The number of carbonyl (C=O) groups is 2.